The number of rotatable bonds is 3. The molecule has 1 aromatic heterocycles. The van der Waals surface area contributed by atoms with Crippen LogP contribution in [-0.2, 0) is 0 Å². The van der Waals surface area contributed by atoms with Crippen LogP contribution >= 0.6 is 0 Å². The lowest BCUT2D eigenvalue weighted by molar-refractivity contribution is 0.0603. The fourth-order valence-electron chi connectivity index (χ4n) is 2.67. The number of hydrogen-bond donors (Lipinski definition) is 1. The SMILES string of the molecule is CNc1nc(C)ccc1C(=O)N1CC(c2ccccc2)C1. The number of hydrogen-bond acceptors (Lipinski definition) is 3. The molecule has 0 aliphatic carbocycles. The van der Waals surface area contributed by atoms with Crippen molar-refractivity contribution in [1.29, 1.82) is 0 Å². The van der Waals surface area contributed by atoms with Crippen LogP contribution < -0.4 is 5.32 Å². The first-order valence-corrected chi connectivity index (χ1v) is 7.18. The molecule has 0 bridgehead atoms. The van der Waals surface area contributed by atoms with E-state index in [9.17, 15) is 4.79 Å². The summed E-state index contributed by atoms with van der Waals surface area (Å²) in [7, 11) is 1.79. The molecular formula is C17H19N3O. The third-order valence-corrected chi connectivity index (χ3v) is 3.94. The van der Waals surface area contributed by atoms with E-state index in [1.54, 1.807) is 7.05 Å². The Morgan fingerprint density at radius 1 is 1.19 bits per heavy atom. The summed E-state index contributed by atoms with van der Waals surface area (Å²) in [5, 5.41) is 3.00. The minimum absolute atomic E-state index is 0.0547. The van der Waals surface area contributed by atoms with Crippen LogP contribution in [0.15, 0.2) is 42.5 Å². The lowest BCUT2D eigenvalue weighted by atomic mass is 9.91. The topological polar surface area (TPSA) is 45.2 Å². The Hall–Kier alpha value is -2.36. The molecular weight excluding hydrogens is 262 g/mol. The normalized spacial score (nSPS) is 14.7. The lowest BCUT2D eigenvalue weighted by Crippen LogP contribution is -2.48. The lowest BCUT2D eigenvalue weighted by Gasteiger charge is -2.39. The first-order chi connectivity index (χ1) is 10.2. The maximum Gasteiger partial charge on any atom is 0.257 e. The van der Waals surface area contributed by atoms with Crippen LogP contribution in [0.25, 0.3) is 0 Å². The van der Waals surface area contributed by atoms with Gasteiger partial charge in [-0.15, -0.1) is 0 Å². The Morgan fingerprint density at radius 3 is 2.57 bits per heavy atom. The Labute approximate surface area is 124 Å². The number of amides is 1. The van der Waals surface area contributed by atoms with Crippen molar-refractivity contribution in [2.75, 3.05) is 25.5 Å². The molecule has 1 fully saturated rings. The maximum absolute atomic E-state index is 12.5. The molecule has 2 aromatic rings. The van der Waals surface area contributed by atoms with Gasteiger partial charge in [0, 0.05) is 31.7 Å². The fraction of sp³-hybridized carbons (Fsp3) is 0.294. The van der Waals surface area contributed by atoms with E-state index in [-0.39, 0.29) is 5.91 Å². The molecule has 2 heterocycles. The van der Waals surface area contributed by atoms with E-state index in [1.807, 2.05) is 42.2 Å². The molecule has 1 amide bonds. The van der Waals surface area contributed by atoms with Gasteiger partial charge in [0.25, 0.3) is 5.91 Å². The van der Waals surface area contributed by atoms with E-state index in [4.69, 9.17) is 0 Å². The van der Waals surface area contributed by atoms with Gasteiger partial charge in [0.2, 0.25) is 0 Å². The van der Waals surface area contributed by atoms with Crippen molar-refractivity contribution >= 4 is 11.7 Å². The van der Waals surface area contributed by atoms with Crippen LogP contribution in [0.4, 0.5) is 5.82 Å². The van der Waals surface area contributed by atoms with Crippen LogP contribution in [0.3, 0.4) is 0 Å². The average Bonchev–Trinajstić information content (AvgIpc) is 2.46. The number of carbonyl (C=O) groups is 1. The molecule has 21 heavy (non-hydrogen) atoms. The Balaban J connectivity index is 1.71. The van der Waals surface area contributed by atoms with Crippen molar-refractivity contribution in [2.45, 2.75) is 12.8 Å². The number of aryl methyl sites for hydroxylation is 1. The highest BCUT2D eigenvalue weighted by atomic mass is 16.2. The van der Waals surface area contributed by atoms with Gasteiger partial charge in [-0.1, -0.05) is 30.3 Å². The number of pyridine rings is 1. The molecule has 1 aromatic carbocycles. The van der Waals surface area contributed by atoms with E-state index in [0.717, 1.165) is 18.8 Å². The summed E-state index contributed by atoms with van der Waals surface area (Å²) < 4.78 is 0. The van der Waals surface area contributed by atoms with Crippen molar-refractivity contribution in [3.63, 3.8) is 0 Å². The number of carbonyl (C=O) groups excluding carboxylic acids is 1. The summed E-state index contributed by atoms with van der Waals surface area (Å²) >= 11 is 0. The molecule has 0 saturated carbocycles. The Kier molecular flexibility index (Phi) is 3.60. The monoisotopic (exact) mass is 281 g/mol. The second-order valence-corrected chi connectivity index (χ2v) is 5.42. The molecule has 0 atom stereocenters. The summed E-state index contributed by atoms with van der Waals surface area (Å²) in [6.07, 6.45) is 0. The van der Waals surface area contributed by atoms with E-state index in [2.05, 4.69) is 22.4 Å². The molecule has 3 rings (SSSR count). The Morgan fingerprint density at radius 2 is 1.90 bits per heavy atom. The van der Waals surface area contributed by atoms with Crippen LogP contribution in [-0.4, -0.2) is 35.9 Å². The van der Waals surface area contributed by atoms with E-state index < -0.39 is 0 Å². The van der Waals surface area contributed by atoms with E-state index in [1.165, 1.54) is 5.56 Å². The predicted molar refractivity (Wildman–Crippen MR) is 83.6 cm³/mol. The second-order valence-electron chi connectivity index (χ2n) is 5.42. The van der Waals surface area contributed by atoms with Crippen LogP contribution in [0.2, 0.25) is 0 Å². The fourth-order valence-corrected chi connectivity index (χ4v) is 2.67. The molecule has 0 radical (unpaired) electrons. The molecule has 4 nitrogen and oxygen atoms in total. The van der Waals surface area contributed by atoms with Gasteiger partial charge < -0.3 is 10.2 Å². The minimum atomic E-state index is 0.0547. The minimum Gasteiger partial charge on any atom is -0.372 e. The summed E-state index contributed by atoms with van der Waals surface area (Å²) in [5.74, 6) is 1.16. The van der Waals surface area contributed by atoms with E-state index >= 15 is 0 Å². The number of likely N-dealkylation sites (tertiary alicyclic amines) is 1. The highest BCUT2D eigenvalue weighted by Crippen LogP contribution is 2.29. The van der Waals surface area contributed by atoms with Gasteiger partial charge in [0.05, 0.1) is 5.56 Å². The summed E-state index contributed by atoms with van der Waals surface area (Å²) in [4.78, 5) is 18.8. The summed E-state index contributed by atoms with van der Waals surface area (Å²) in [5.41, 5.74) is 2.86. The van der Waals surface area contributed by atoms with Crippen molar-refractivity contribution in [3.05, 3.63) is 59.3 Å². The third kappa shape index (κ3) is 2.61. The van der Waals surface area contributed by atoms with Gasteiger partial charge in [0.15, 0.2) is 0 Å². The molecule has 1 aliphatic rings. The van der Waals surface area contributed by atoms with Gasteiger partial charge in [-0.2, -0.15) is 0 Å². The first-order valence-electron chi connectivity index (χ1n) is 7.18. The molecule has 108 valence electrons. The number of nitrogens with one attached hydrogen (secondary N) is 1. The van der Waals surface area contributed by atoms with Crippen molar-refractivity contribution < 1.29 is 4.79 Å². The predicted octanol–water partition coefficient (Wildman–Crippen LogP) is 2.67. The standard InChI is InChI=1S/C17H19N3O/c1-12-8-9-15(16(18-2)19-12)17(21)20-10-14(11-20)13-6-4-3-5-7-13/h3-9,14H,10-11H2,1-2H3,(H,18,19). The van der Waals surface area contributed by atoms with Crippen molar-refractivity contribution in [3.8, 4) is 0 Å². The highest BCUT2D eigenvalue weighted by Gasteiger charge is 2.33. The number of nitrogens with zero attached hydrogens (tertiary/aromatic N) is 2. The van der Waals surface area contributed by atoms with Gasteiger partial charge in [0.1, 0.15) is 5.82 Å². The quantitative estimate of drug-likeness (QED) is 0.940. The van der Waals surface area contributed by atoms with E-state index in [0.29, 0.717) is 17.3 Å². The number of aromatic nitrogens is 1. The van der Waals surface area contributed by atoms with Crippen LogP contribution in [0.5, 0.6) is 0 Å². The van der Waals surface area contributed by atoms with Gasteiger partial charge in [-0.3, -0.25) is 4.79 Å². The van der Waals surface area contributed by atoms with Gasteiger partial charge in [-0.05, 0) is 24.6 Å². The largest absolute Gasteiger partial charge is 0.372 e. The van der Waals surface area contributed by atoms with Crippen LogP contribution in [0, 0.1) is 6.92 Å². The summed E-state index contributed by atoms with van der Waals surface area (Å²) in [6.45, 7) is 3.48. The maximum atomic E-state index is 12.5. The van der Waals surface area contributed by atoms with Crippen molar-refractivity contribution in [1.82, 2.24) is 9.88 Å². The zero-order valence-corrected chi connectivity index (χ0v) is 12.3. The van der Waals surface area contributed by atoms with Gasteiger partial charge >= 0.3 is 0 Å². The second kappa shape index (κ2) is 5.56. The first kappa shape index (κ1) is 13.6. The average molecular weight is 281 g/mol. The number of benzene rings is 1. The zero-order valence-electron chi connectivity index (χ0n) is 12.3. The molecule has 1 aliphatic heterocycles. The molecule has 4 heteroatoms. The smallest absolute Gasteiger partial charge is 0.257 e. The van der Waals surface area contributed by atoms with Crippen LogP contribution in [0.1, 0.15) is 27.5 Å². The highest BCUT2D eigenvalue weighted by molar-refractivity contribution is 5.99. The summed E-state index contributed by atoms with van der Waals surface area (Å²) in [6, 6.07) is 14.1. The molecule has 0 spiro atoms. The van der Waals surface area contributed by atoms with Crippen molar-refractivity contribution in [2.24, 2.45) is 0 Å². The molecule has 0 unspecified atom stereocenters. The molecule has 1 saturated heterocycles. The zero-order chi connectivity index (χ0) is 14.8. The van der Waals surface area contributed by atoms with Gasteiger partial charge in [-0.25, -0.2) is 4.98 Å². The third-order valence-electron chi connectivity index (χ3n) is 3.94. The molecule has 1 N–H and O–H groups in total. The number of anilines is 1. The Bertz CT molecular complexity index is 648.